The van der Waals surface area contributed by atoms with Crippen LogP contribution in [-0.2, 0) is 16.6 Å². The van der Waals surface area contributed by atoms with Gasteiger partial charge in [-0.1, -0.05) is 0 Å². The summed E-state index contributed by atoms with van der Waals surface area (Å²) in [6.07, 6.45) is 2.28. The molecule has 5 heterocycles. The number of ketones is 1. The van der Waals surface area contributed by atoms with Crippen molar-refractivity contribution in [3.63, 3.8) is 0 Å². The van der Waals surface area contributed by atoms with Crippen LogP contribution in [0.4, 0.5) is 13.2 Å². The molecule has 32 heavy (non-hydrogen) atoms. The predicted molar refractivity (Wildman–Crippen MR) is 106 cm³/mol. The highest BCUT2D eigenvalue weighted by atomic mass is 19.3. The Bertz CT molecular complexity index is 1210. The summed E-state index contributed by atoms with van der Waals surface area (Å²) in [6, 6.07) is 0. The summed E-state index contributed by atoms with van der Waals surface area (Å²) in [5, 5.41) is 0. The van der Waals surface area contributed by atoms with E-state index in [-0.39, 0.29) is 46.2 Å². The van der Waals surface area contributed by atoms with E-state index >= 15 is 4.39 Å². The van der Waals surface area contributed by atoms with Gasteiger partial charge in [-0.15, -0.1) is 0 Å². The molecule has 3 aliphatic rings. The summed E-state index contributed by atoms with van der Waals surface area (Å²) in [4.78, 5) is 20.7. The van der Waals surface area contributed by atoms with Crippen molar-refractivity contribution in [1.29, 1.82) is 0 Å². The maximum absolute atomic E-state index is 15.5. The van der Waals surface area contributed by atoms with Crippen molar-refractivity contribution in [3.05, 3.63) is 47.3 Å². The zero-order valence-corrected chi connectivity index (χ0v) is 17.8. The molecule has 10 heteroatoms. The van der Waals surface area contributed by atoms with Gasteiger partial charge in [-0.2, -0.15) is 13.2 Å². The van der Waals surface area contributed by atoms with Gasteiger partial charge in [-0.05, 0) is 33.6 Å². The summed E-state index contributed by atoms with van der Waals surface area (Å²) >= 11 is 0. The van der Waals surface area contributed by atoms with Crippen LogP contribution in [0.25, 0.3) is 5.65 Å². The second-order valence-corrected chi connectivity index (χ2v) is 9.17. The molecule has 170 valence electrons. The summed E-state index contributed by atoms with van der Waals surface area (Å²) in [6.45, 7) is 6.07. The predicted octanol–water partition coefficient (Wildman–Crippen LogP) is 4.43. The molecule has 0 radical (unpaired) electrons. The zero-order chi connectivity index (χ0) is 22.8. The number of alkyl halides is 2. The molecule has 3 aromatic heterocycles. The molecule has 0 spiro atoms. The molecule has 7 nitrogen and oxygen atoms in total. The van der Waals surface area contributed by atoms with Crippen molar-refractivity contribution in [2.24, 2.45) is 0 Å². The van der Waals surface area contributed by atoms with Crippen LogP contribution in [0.3, 0.4) is 0 Å². The van der Waals surface area contributed by atoms with Crippen LogP contribution in [0, 0.1) is 5.82 Å². The Kier molecular flexibility index (Phi) is 4.63. The summed E-state index contributed by atoms with van der Waals surface area (Å²) in [5.74, 6) is -2.19. The topological polar surface area (TPSA) is 78.9 Å². The fourth-order valence-corrected chi connectivity index (χ4v) is 4.80. The normalized spacial score (nSPS) is 24.5. The second-order valence-electron chi connectivity index (χ2n) is 9.17. The van der Waals surface area contributed by atoms with Crippen molar-refractivity contribution >= 4 is 11.4 Å². The third kappa shape index (κ3) is 3.28. The van der Waals surface area contributed by atoms with Gasteiger partial charge >= 0.3 is 6.43 Å². The first-order chi connectivity index (χ1) is 15.1. The molecule has 2 aliphatic heterocycles. The number of carbonyl (C=O) groups is 1. The maximum atomic E-state index is 15.5. The van der Waals surface area contributed by atoms with Crippen LogP contribution in [0.5, 0.6) is 5.75 Å². The maximum Gasteiger partial charge on any atom is 0.313 e. The number of nitrogens with zero attached hydrogens (tertiary/aromatic N) is 3. The Balaban J connectivity index is 1.52. The number of aromatic nitrogens is 3. The third-order valence-electron chi connectivity index (χ3n) is 6.08. The van der Waals surface area contributed by atoms with Crippen molar-refractivity contribution < 1.29 is 31.9 Å². The van der Waals surface area contributed by atoms with E-state index in [0.717, 1.165) is 24.8 Å². The molecular weight excluding hydrogens is 427 g/mol. The summed E-state index contributed by atoms with van der Waals surface area (Å²) < 4.78 is 58.7. The van der Waals surface area contributed by atoms with Gasteiger partial charge in [-0.3, -0.25) is 4.79 Å². The van der Waals surface area contributed by atoms with Crippen molar-refractivity contribution in [2.75, 3.05) is 6.61 Å². The molecule has 0 unspecified atom stereocenters. The lowest BCUT2D eigenvalue weighted by atomic mass is 9.62. The molecule has 1 saturated carbocycles. The Morgan fingerprint density at radius 1 is 1.28 bits per heavy atom. The number of rotatable bonds is 7. The SMILES string of the molecule is CC(C)Oc1c(CC(=O)c2coc(C(F)F)n2)cn2cc(C34COC(C)(C3)C4)nc2c1F. The largest absolute Gasteiger partial charge is 0.487 e. The molecule has 6 rings (SSSR count). The van der Waals surface area contributed by atoms with Gasteiger partial charge in [0, 0.05) is 29.8 Å². The van der Waals surface area contributed by atoms with Gasteiger partial charge < -0.3 is 18.3 Å². The zero-order valence-electron chi connectivity index (χ0n) is 17.8. The first-order valence-electron chi connectivity index (χ1n) is 10.4. The molecule has 0 atom stereocenters. The quantitative estimate of drug-likeness (QED) is 0.497. The highest BCUT2D eigenvalue weighted by molar-refractivity contribution is 5.95. The number of ether oxygens (including phenoxy) is 2. The van der Waals surface area contributed by atoms with Gasteiger partial charge in [0.15, 0.2) is 17.2 Å². The Labute approximate surface area is 181 Å². The van der Waals surface area contributed by atoms with Gasteiger partial charge in [0.25, 0.3) is 5.89 Å². The standard InChI is InChI=1S/C22H22F3N3O4/c1-11(2)32-17-12(4-14(29)13-7-30-20(26-13)18(24)25)5-28-6-15(27-19(28)16(17)23)22-8-21(3,9-22)31-10-22/h5-7,11,18H,4,8-10H2,1-3H3. The lowest BCUT2D eigenvalue weighted by Crippen LogP contribution is -2.45. The molecule has 2 bridgehead atoms. The third-order valence-corrected chi connectivity index (χ3v) is 6.08. The number of hydrogen-bond donors (Lipinski definition) is 0. The number of pyridine rings is 1. The highest BCUT2D eigenvalue weighted by Crippen LogP contribution is 2.58. The highest BCUT2D eigenvalue weighted by Gasteiger charge is 2.61. The minimum absolute atomic E-state index is 0.0887. The Morgan fingerprint density at radius 3 is 2.62 bits per heavy atom. The van der Waals surface area contributed by atoms with Crippen molar-refractivity contribution in [3.8, 4) is 5.75 Å². The minimum atomic E-state index is -2.93. The van der Waals surface area contributed by atoms with E-state index in [9.17, 15) is 13.6 Å². The Hall–Kier alpha value is -2.88. The van der Waals surface area contributed by atoms with Crippen LogP contribution in [0.1, 0.15) is 67.7 Å². The van der Waals surface area contributed by atoms with Crippen molar-refractivity contribution in [2.45, 2.75) is 63.6 Å². The molecule has 0 aromatic carbocycles. The van der Waals surface area contributed by atoms with E-state index in [2.05, 4.69) is 21.3 Å². The van der Waals surface area contributed by atoms with E-state index in [1.54, 1.807) is 26.2 Å². The molecule has 0 N–H and O–H groups in total. The van der Waals surface area contributed by atoms with Crippen LogP contribution >= 0.6 is 0 Å². The number of hydrogen-bond acceptors (Lipinski definition) is 6. The van der Waals surface area contributed by atoms with Gasteiger partial charge in [0.2, 0.25) is 5.82 Å². The van der Waals surface area contributed by atoms with Gasteiger partial charge in [-0.25, -0.2) is 9.97 Å². The smallest absolute Gasteiger partial charge is 0.313 e. The summed E-state index contributed by atoms with van der Waals surface area (Å²) in [7, 11) is 0. The molecular formula is C22H22F3N3O4. The van der Waals surface area contributed by atoms with E-state index in [0.29, 0.717) is 6.61 Å². The monoisotopic (exact) mass is 449 g/mol. The van der Waals surface area contributed by atoms with Crippen LogP contribution in [-0.4, -0.2) is 38.5 Å². The lowest BCUT2D eigenvalue weighted by Gasteiger charge is -2.41. The van der Waals surface area contributed by atoms with E-state index in [1.807, 2.05) is 0 Å². The van der Waals surface area contributed by atoms with Crippen LogP contribution in [0.15, 0.2) is 23.1 Å². The van der Waals surface area contributed by atoms with E-state index < -0.39 is 23.9 Å². The molecule has 3 aromatic rings. The second kappa shape index (κ2) is 7.06. The van der Waals surface area contributed by atoms with Crippen LogP contribution in [0.2, 0.25) is 0 Å². The van der Waals surface area contributed by atoms with Gasteiger partial charge in [0.05, 0.1) is 24.0 Å². The van der Waals surface area contributed by atoms with E-state index in [4.69, 9.17) is 9.47 Å². The lowest BCUT2D eigenvalue weighted by molar-refractivity contribution is 0.0154. The average Bonchev–Trinajstić information content (AvgIpc) is 3.45. The molecule has 0 amide bonds. The molecule has 2 saturated heterocycles. The van der Waals surface area contributed by atoms with Crippen LogP contribution < -0.4 is 4.74 Å². The first kappa shape index (κ1) is 21.0. The molecule has 3 fully saturated rings. The number of Topliss-reactive ketones (excluding diaryl/α,β-unsaturated/α-hetero) is 1. The number of oxazole rings is 1. The molecule has 1 aliphatic carbocycles. The average molecular weight is 449 g/mol. The number of fused-ring (bicyclic) bond motifs is 2. The fraction of sp³-hybridized carbons (Fsp3) is 0.500. The summed E-state index contributed by atoms with van der Waals surface area (Å²) in [5.41, 5.74) is 0.476. The van der Waals surface area contributed by atoms with Crippen molar-refractivity contribution in [1.82, 2.24) is 14.4 Å². The number of imidazole rings is 1. The number of carbonyl (C=O) groups excluding carboxylic acids is 1. The first-order valence-corrected chi connectivity index (χ1v) is 10.4. The van der Waals surface area contributed by atoms with Gasteiger partial charge in [0.1, 0.15) is 12.0 Å². The fourth-order valence-electron chi connectivity index (χ4n) is 4.80. The van der Waals surface area contributed by atoms with E-state index in [1.165, 1.54) is 4.40 Å². The minimum Gasteiger partial charge on any atom is -0.487 e. The Morgan fingerprint density at radius 2 is 2.03 bits per heavy atom. The number of halogens is 3.